The maximum absolute atomic E-state index is 13.1. The van der Waals surface area contributed by atoms with Crippen molar-refractivity contribution in [1.29, 1.82) is 0 Å². The van der Waals surface area contributed by atoms with Crippen molar-refractivity contribution in [3.8, 4) is 11.1 Å². The molecule has 0 amide bonds. The number of nitrogens with one attached hydrogen (secondary N) is 2. The molecule has 2 N–H and O–H groups in total. The molecule has 0 saturated carbocycles. The molecule has 4 rings (SSSR count). The van der Waals surface area contributed by atoms with Crippen LogP contribution in [-0.2, 0) is 16.8 Å². The molecule has 8 nitrogen and oxygen atoms in total. The molecule has 1 aliphatic heterocycles. The lowest BCUT2D eigenvalue weighted by molar-refractivity contribution is 0.418. The van der Waals surface area contributed by atoms with Gasteiger partial charge in [-0.1, -0.05) is 12.1 Å². The average molecular weight is 445 g/mol. The Kier molecular flexibility index (Phi) is 6.03. The smallest absolute Gasteiger partial charge is 0.281 e. The summed E-state index contributed by atoms with van der Waals surface area (Å²) in [6.07, 6.45) is 4.21. The highest BCUT2D eigenvalue weighted by atomic mass is 32.2. The van der Waals surface area contributed by atoms with Gasteiger partial charge in [0.2, 0.25) is 0 Å². The summed E-state index contributed by atoms with van der Waals surface area (Å²) in [5.41, 5.74) is 3.74. The molecule has 1 atom stereocenters. The number of hydrogen-bond acceptors (Lipinski definition) is 5. The standard InChI is InChI=1S/C21H25FN6O2S/c1-27(2)31(29,30)28-10-8-17(14-28)21-19(13-25-26-21)16-7-9-23-20(11-16)24-12-15-3-5-18(22)6-4-15/h3-7,9,11,13,17H,8,10,12,14H2,1-2H3,(H,23,24)(H,25,26). The van der Waals surface area contributed by atoms with Gasteiger partial charge in [0.1, 0.15) is 11.6 Å². The third-order valence-corrected chi connectivity index (χ3v) is 7.38. The Morgan fingerprint density at radius 1 is 1.26 bits per heavy atom. The first-order valence-corrected chi connectivity index (χ1v) is 11.4. The van der Waals surface area contributed by atoms with E-state index in [0.717, 1.165) is 28.8 Å². The van der Waals surface area contributed by atoms with E-state index in [0.29, 0.717) is 25.5 Å². The van der Waals surface area contributed by atoms with Crippen molar-refractivity contribution in [2.45, 2.75) is 18.9 Å². The zero-order valence-corrected chi connectivity index (χ0v) is 18.2. The van der Waals surface area contributed by atoms with Gasteiger partial charge in [0, 0.05) is 57.1 Å². The molecule has 0 spiro atoms. The second-order valence-corrected chi connectivity index (χ2v) is 9.88. The summed E-state index contributed by atoms with van der Waals surface area (Å²) in [6.45, 7) is 1.41. The van der Waals surface area contributed by atoms with Gasteiger partial charge in [-0.25, -0.2) is 9.37 Å². The van der Waals surface area contributed by atoms with Crippen LogP contribution in [0.15, 0.2) is 48.8 Å². The monoisotopic (exact) mass is 444 g/mol. The largest absolute Gasteiger partial charge is 0.366 e. The van der Waals surface area contributed by atoms with E-state index < -0.39 is 10.2 Å². The number of aromatic amines is 1. The molecule has 0 radical (unpaired) electrons. The molecule has 164 valence electrons. The van der Waals surface area contributed by atoms with Crippen LogP contribution in [0.3, 0.4) is 0 Å². The van der Waals surface area contributed by atoms with Gasteiger partial charge in [0.05, 0.1) is 6.20 Å². The van der Waals surface area contributed by atoms with Gasteiger partial charge in [-0.2, -0.15) is 22.1 Å². The van der Waals surface area contributed by atoms with Crippen molar-refractivity contribution >= 4 is 16.0 Å². The summed E-state index contributed by atoms with van der Waals surface area (Å²) >= 11 is 0. The maximum Gasteiger partial charge on any atom is 0.281 e. The fourth-order valence-electron chi connectivity index (χ4n) is 3.73. The van der Waals surface area contributed by atoms with Crippen molar-refractivity contribution in [2.24, 2.45) is 0 Å². The molecule has 3 heterocycles. The third kappa shape index (κ3) is 4.60. The third-order valence-electron chi connectivity index (χ3n) is 5.47. The summed E-state index contributed by atoms with van der Waals surface area (Å²) in [7, 11) is -0.346. The van der Waals surface area contributed by atoms with Crippen LogP contribution in [0.25, 0.3) is 11.1 Å². The highest BCUT2D eigenvalue weighted by molar-refractivity contribution is 7.86. The number of pyridine rings is 1. The molecule has 1 unspecified atom stereocenters. The van der Waals surface area contributed by atoms with Gasteiger partial charge >= 0.3 is 0 Å². The summed E-state index contributed by atoms with van der Waals surface area (Å²) in [6, 6.07) is 10.2. The van der Waals surface area contributed by atoms with Crippen LogP contribution >= 0.6 is 0 Å². The number of benzene rings is 1. The van der Waals surface area contributed by atoms with Gasteiger partial charge in [0.25, 0.3) is 10.2 Å². The van der Waals surface area contributed by atoms with Crippen LogP contribution in [0, 0.1) is 5.82 Å². The first-order chi connectivity index (χ1) is 14.8. The van der Waals surface area contributed by atoms with Crippen molar-refractivity contribution in [3.63, 3.8) is 0 Å². The normalized spacial score (nSPS) is 17.4. The molecule has 1 fully saturated rings. The van der Waals surface area contributed by atoms with Crippen LogP contribution in [0.5, 0.6) is 0 Å². The summed E-state index contributed by atoms with van der Waals surface area (Å²) in [5.74, 6) is 0.466. The van der Waals surface area contributed by atoms with E-state index >= 15 is 0 Å². The Morgan fingerprint density at radius 2 is 2.03 bits per heavy atom. The molecule has 0 bridgehead atoms. The Labute approximate surface area is 181 Å². The van der Waals surface area contributed by atoms with Crippen molar-refractivity contribution in [2.75, 3.05) is 32.5 Å². The number of aromatic nitrogens is 3. The lowest BCUT2D eigenvalue weighted by Crippen LogP contribution is -2.38. The fourth-order valence-corrected chi connectivity index (χ4v) is 4.90. The molecule has 3 aromatic rings. The van der Waals surface area contributed by atoms with Crippen LogP contribution in [-0.4, -0.2) is 59.4 Å². The average Bonchev–Trinajstić information content (AvgIpc) is 3.43. The lowest BCUT2D eigenvalue weighted by atomic mass is 9.97. The van der Waals surface area contributed by atoms with Gasteiger partial charge in [-0.05, 0) is 41.8 Å². The zero-order valence-electron chi connectivity index (χ0n) is 17.4. The number of halogens is 1. The quantitative estimate of drug-likeness (QED) is 0.584. The van der Waals surface area contributed by atoms with Crippen LogP contribution < -0.4 is 5.32 Å². The molecule has 1 aliphatic rings. The minimum absolute atomic E-state index is 0.0380. The molecule has 31 heavy (non-hydrogen) atoms. The number of rotatable bonds is 7. The molecule has 1 saturated heterocycles. The first kappa shape index (κ1) is 21.4. The highest BCUT2D eigenvalue weighted by Gasteiger charge is 2.35. The van der Waals surface area contributed by atoms with E-state index in [2.05, 4.69) is 20.5 Å². The van der Waals surface area contributed by atoms with Gasteiger partial charge in [-0.3, -0.25) is 5.10 Å². The fraction of sp³-hybridized carbons (Fsp3) is 0.333. The van der Waals surface area contributed by atoms with E-state index in [1.165, 1.54) is 20.7 Å². The van der Waals surface area contributed by atoms with Crippen molar-refractivity contribution in [3.05, 3.63) is 65.9 Å². The molecule has 1 aromatic carbocycles. The van der Waals surface area contributed by atoms with Crippen LogP contribution in [0.2, 0.25) is 0 Å². The predicted octanol–water partition coefficient (Wildman–Crippen LogP) is 2.82. The van der Waals surface area contributed by atoms with Gasteiger partial charge in [-0.15, -0.1) is 0 Å². The Hall–Kier alpha value is -2.82. The number of hydrogen-bond donors (Lipinski definition) is 2. The number of anilines is 1. The molecular weight excluding hydrogens is 419 g/mol. The molecule has 0 aliphatic carbocycles. The minimum atomic E-state index is -3.43. The number of H-pyrrole nitrogens is 1. The van der Waals surface area contributed by atoms with E-state index in [9.17, 15) is 12.8 Å². The molecule has 10 heteroatoms. The SMILES string of the molecule is CN(C)S(=O)(=O)N1CCC(c2[nH]ncc2-c2ccnc(NCc3ccc(F)cc3)c2)C1. The number of nitrogens with zero attached hydrogens (tertiary/aromatic N) is 4. The summed E-state index contributed by atoms with van der Waals surface area (Å²) in [4.78, 5) is 4.36. The van der Waals surface area contributed by atoms with Gasteiger partial charge in [0.15, 0.2) is 0 Å². The van der Waals surface area contributed by atoms with E-state index in [1.807, 2.05) is 12.1 Å². The van der Waals surface area contributed by atoms with Crippen molar-refractivity contribution < 1.29 is 12.8 Å². The van der Waals surface area contributed by atoms with E-state index in [1.54, 1.807) is 38.6 Å². The second kappa shape index (κ2) is 8.74. The maximum atomic E-state index is 13.1. The van der Waals surface area contributed by atoms with Gasteiger partial charge < -0.3 is 5.32 Å². The Balaban J connectivity index is 1.50. The van der Waals surface area contributed by atoms with E-state index in [4.69, 9.17) is 0 Å². The van der Waals surface area contributed by atoms with Crippen LogP contribution in [0.1, 0.15) is 23.6 Å². The molecule has 2 aromatic heterocycles. The first-order valence-electron chi connectivity index (χ1n) is 10.00. The predicted molar refractivity (Wildman–Crippen MR) is 117 cm³/mol. The minimum Gasteiger partial charge on any atom is -0.366 e. The van der Waals surface area contributed by atoms with Crippen molar-refractivity contribution in [1.82, 2.24) is 23.8 Å². The molecular formula is C21H25FN6O2S. The summed E-state index contributed by atoms with van der Waals surface area (Å²) < 4.78 is 40.7. The van der Waals surface area contributed by atoms with E-state index in [-0.39, 0.29) is 11.7 Å². The highest BCUT2D eigenvalue weighted by Crippen LogP contribution is 2.34. The Bertz CT molecular complexity index is 1150. The topological polar surface area (TPSA) is 94.2 Å². The Morgan fingerprint density at radius 3 is 2.77 bits per heavy atom. The second-order valence-electron chi connectivity index (χ2n) is 7.74. The lowest BCUT2D eigenvalue weighted by Gasteiger charge is -2.20. The van der Waals surface area contributed by atoms with Crippen LogP contribution in [0.4, 0.5) is 10.2 Å². The zero-order chi connectivity index (χ0) is 22.0. The summed E-state index contributed by atoms with van der Waals surface area (Å²) in [5, 5.41) is 10.5.